The van der Waals surface area contributed by atoms with E-state index in [4.69, 9.17) is 16.6 Å². The number of hydrogen-bond acceptors (Lipinski definition) is 6. The number of carboxylic acids is 2. The monoisotopic (exact) mass is 374 g/mol. The number of carbonyl (C=O) groups is 4. The van der Waals surface area contributed by atoms with Crippen LogP contribution >= 0.6 is 0 Å². The molecule has 0 bridgehead atoms. The molecule has 0 heterocycles. The maximum Gasteiger partial charge on any atom is 0.326 e. The number of nitrogens with one attached hydrogen (secondary N) is 2. The zero-order chi connectivity index (χ0) is 20.3. The highest BCUT2D eigenvalue weighted by Gasteiger charge is 2.31. The molecule has 26 heavy (non-hydrogen) atoms. The summed E-state index contributed by atoms with van der Waals surface area (Å²) in [5, 5.41) is 22.8. The Bertz CT molecular complexity index is 499. The van der Waals surface area contributed by atoms with Crippen LogP contribution in [0.1, 0.15) is 46.0 Å². The first-order valence-electron chi connectivity index (χ1n) is 8.64. The van der Waals surface area contributed by atoms with Gasteiger partial charge in [0.1, 0.15) is 12.1 Å². The van der Waals surface area contributed by atoms with Gasteiger partial charge in [-0.25, -0.2) is 4.79 Å². The van der Waals surface area contributed by atoms with Gasteiger partial charge in [-0.15, -0.1) is 0 Å². The average molecular weight is 374 g/mol. The second-order valence-corrected chi connectivity index (χ2v) is 6.26. The van der Waals surface area contributed by atoms with Gasteiger partial charge in [0.25, 0.3) is 0 Å². The smallest absolute Gasteiger partial charge is 0.326 e. The minimum absolute atomic E-state index is 0.220. The van der Waals surface area contributed by atoms with E-state index in [1.165, 1.54) is 0 Å². The zero-order valence-corrected chi connectivity index (χ0v) is 15.2. The molecular weight excluding hydrogens is 344 g/mol. The van der Waals surface area contributed by atoms with Crippen molar-refractivity contribution in [1.82, 2.24) is 10.6 Å². The fraction of sp³-hybridized carbons (Fsp3) is 0.750. The second kappa shape index (κ2) is 12.2. The molecule has 0 aromatic carbocycles. The van der Waals surface area contributed by atoms with Crippen molar-refractivity contribution in [3.63, 3.8) is 0 Å². The van der Waals surface area contributed by atoms with Crippen LogP contribution in [0.2, 0.25) is 0 Å². The first kappa shape index (κ1) is 23.8. The number of carbonyl (C=O) groups excluding carboxylic acids is 2. The van der Waals surface area contributed by atoms with E-state index in [9.17, 15) is 24.3 Å². The van der Waals surface area contributed by atoms with E-state index < -0.39 is 48.3 Å². The third-order valence-electron chi connectivity index (χ3n) is 4.09. The van der Waals surface area contributed by atoms with E-state index in [-0.39, 0.29) is 12.3 Å². The first-order chi connectivity index (χ1) is 12.1. The number of nitrogens with two attached hydrogens (primary N) is 2. The van der Waals surface area contributed by atoms with E-state index >= 15 is 0 Å². The van der Waals surface area contributed by atoms with Crippen molar-refractivity contribution < 1.29 is 29.4 Å². The Balaban J connectivity index is 5.03. The average Bonchev–Trinajstić information content (AvgIpc) is 2.56. The molecule has 10 heteroatoms. The van der Waals surface area contributed by atoms with Gasteiger partial charge in [0.2, 0.25) is 11.8 Å². The van der Waals surface area contributed by atoms with E-state index in [1.807, 2.05) is 6.92 Å². The molecule has 2 amide bonds. The number of carboxylic acid groups (broad SMARTS) is 2. The number of hydrogen-bond donors (Lipinski definition) is 6. The second-order valence-electron chi connectivity index (χ2n) is 6.26. The standard InChI is InChI=1S/C16H30N4O6/c1-3-9(2)13(20-14(23)10(18)8-12(21)22)15(24)19-11(16(25)26)6-4-5-7-17/h9-11,13H,3-8,17-18H2,1-2H3,(H,19,24)(H,20,23)(H,21,22)(H,25,26)/t9-,10-,11-,13-/m0/s1. The predicted octanol–water partition coefficient (Wildman–Crippen LogP) is -0.982. The molecule has 0 saturated heterocycles. The van der Waals surface area contributed by atoms with E-state index in [2.05, 4.69) is 10.6 Å². The van der Waals surface area contributed by atoms with Crippen molar-refractivity contribution in [3.8, 4) is 0 Å². The Hall–Kier alpha value is -2.20. The van der Waals surface area contributed by atoms with Crippen LogP contribution in [0.5, 0.6) is 0 Å². The lowest BCUT2D eigenvalue weighted by Crippen LogP contribution is -2.56. The largest absolute Gasteiger partial charge is 0.481 e. The van der Waals surface area contributed by atoms with Crippen molar-refractivity contribution in [2.24, 2.45) is 17.4 Å². The first-order valence-corrected chi connectivity index (χ1v) is 8.64. The third kappa shape index (κ3) is 8.77. The molecule has 0 radical (unpaired) electrons. The highest BCUT2D eigenvalue weighted by atomic mass is 16.4. The Morgan fingerprint density at radius 2 is 1.65 bits per heavy atom. The van der Waals surface area contributed by atoms with Crippen molar-refractivity contribution in [3.05, 3.63) is 0 Å². The number of unbranched alkanes of at least 4 members (excludes halogenated alkanes) is 1. The van der Waals surface area contributed by atoms with Crippen molar-refractivity contribution in [1.29, 1.82) is 0 Å². The van der Waals surface area contributed by atoms with E-state index in [0.717, 1.165) is 0 Å². The molecule has 8 N–H and O–H groups in total. The van der Waals surface area contributed by atoms with Crippen molar-refractivity contribution >= 4 is 23.8 Å². The summed E-state index contributed by atoms with van der Waals surface area (Å²) in [6.07, 6.45) is 1.36. The summed E-state index contributed by atoms with van der Waals surface area (Å²) in [6, 6.07) is -3.40. The van der Waals surface area contributed by atoms with Gasteiger partial charge in [0.05, 0.1) is 12.5 Å². The Morgan fingerprint density at radius 3 is 2.12 bits per heavy atom. The number of rotatable bonds is 13. The molecule has 0 spiro atoms. The van der Waals surface area contributed by atoms with E-state index in [0.29, 0.717) is 25.8 Å². The van der Waals surface area contributed by atoms with Gasteiger partial charge in [0, 0.05) is 0 Å². The van der Waals surface area contributed by atoms with Gasteiger partial charge in [-0.05, 0) is 31.7 Å². The molecule has 0 aliphatic carbocycles. The van der Waals surface area contributed by atoms with Crippen LogP contribution in [0.15, 0.2) is 0 Å². The highest BCUT2D eigenvalue weighted by molar-refractivity contribution is 5.93. The molecule has 0 saturated carbocycles. The molecular formula is C16H30N4O6. The van der Waals surface area contributed by atoms with Gasteiger partial charge in [-0.3, -0.25) is 14.4 Å². The summed E-state index contributed by atoms with van der Waals surface area (Å²) in [5.41, 5.74) is 10.9. The summed E-state index contributed by atoms with van der Waals surface area (Å²) in [7, 11) is 0. The van der Waals surface area contributed by atoms with Crippen LogP contribution in [0.25, 0.3) is 0 Å². The minimum Gasteiger partial charge on any atom is -0.481 e. The summed E-state index contributed by atoms with van der Waals surface area (Å²) < 4.78 is 0. The molecule has 0 unspecified atom stereocenters. The maximum atomic E-state index is 12.5. The van der Waals surface area contributed by atoms with Gasteiger partial charge in [-0.2, -0.15) is 0 Å². The van der Waals surface area contributed by atoms with Crippen molar-refractivity contribution in [2.45, 2.75) is 64.1 Å². The van der Waals surface area contributed by atoms with Gasteiger partial charge in [-0.1, -0.05) is 20.3 Å². The lowest BCUT2D eigenvalue weighted by Gasteiger charge is -2.26. The topological polar surface area (TPSA) is 185 Å². The van der Waals surface area contributed by atoms with E-state index in [1.54, 1.807) is 6.92 Å². The van der Waals surface area contributed by atoms with Crippen LogP contribution in [-0.2, 0) is 19.2 Å². The molecule has 10 nitrogen and oxygen atoms in total. The lowest BCUT2D eigenvalue weighted by atomic mass is 9.97. The lowest BCUT2D eigenvalue weighted by molar-refractivity contribution is -0.143. The predicted molar refractivity (Wildman–Crippen MR) is 94.1 cm³/mol. The Morgan fingerprint density at radius 1 is 1.04 bits per heavy atom. The van der Waals surface area contributed by atoms with Gasteiger partial charge < -0.3 is 32.3 Å². The maximum absolute atomic E-state index is 12.5. The quantitative estimate of drug-likeness (QED) is 0.222. The molecule has 4 atom stereocenters. The molecule has 0 fully saturated rings. The molecule has 0 aromatic heterocycles. The van der Waals surface area contributed by atoms with Gasteiger partial charge in [0.15, 0.2) is 0 Å². The molecule has 0 aliphatic heterocycles. The van der Waals surface area contributed by atoms with Crippen LogP contribution in [-0.4, -0.2) is 58.6 Å². The van der Waals surface area contributed by atoms with Crippen LogP contribution < -0.4 is 22.1 Å². The number of amides is 2. The van der Waals surface area contributed by atoms with Crippen LogP contribution in [0.3, 0.4) is 0 Å². The molecule has 150 valence electrons. The minimum atomic E-state index is -1.30. The fourth-order valence-electron chi connectivity index (χ4n) is 2.25. The summed E-state index contributed by atoms with van der Waals surface area (Å²) >= 11 is 0. The summed E-state index contributed by atoms with van der Waals surface area (Å²) in [5.74, 6) is -4.12. The normalized spacial score (nSPS) is 15.4. The third-order valence-corrected chi connectivity index (χ3v) is 4.09. The molecule has 0 rings (SSSR count). The highest BCUT2D eigenvalue weighted by Crippen LogP contribution is 2.10. The van der Waals surface area contributed by atoms with Crippen molar-refractivity contribution in [2.75, 3.05) is 6.54 Å². The Labute approximate surface area is 152 Å². The van der Waals surface area contributed by atoms with Crippen LogP contribution in [0, 0.1) is 5.92 Å². The zero-order valence-electron chi connectivity index (χ0n) is 15.2. The molecule has 0 aromatic rings. The molecule has 0 aliphatic rings. The fourth-order valence-corrected chi connectivity index (χ4v) is 2.25. The summed E-state index contributed by atoms with van der Waals surface area (Å²) in [4.78, 5) is 46.5. The Kier molecular flexibility index (Phi) is 11.2. The van der Waals surface area contributed by atoms with Crippen LogP contribution in [0.4, 0.5) is 0 Å². The van der Waals surface area contributed by atoms with Gasteiger partial charge >= 0.3 is 11.9 Å². The number of aliphatic carboxylic acids is 2. The summed E-state index contributed by atoms with van der Waals surface area (Å²) in [6.45, 7) is 3.95. The SMILES string of the molecule is CC[C@H](C)[C@H](NC(=O)[C@@H](N)CC(=O)O)C(=O)N[C@@H](CCCCN)C(=O)O.